The first-order valence-corrected chi connectivity index (χ1v) is 13.5. The van der Waals surface area contributed by atoms with Crippen LogP contribution in [-0.2, 0) is 0 Å². The number of fused-ring (bicyclic) bond motifs is 5. The van der Waals surface area contributed by atoms with Crippen molar-refractivity contribution in [2.45, 2.75) is 0 Å². The minimum atomic E-state index is 0.258. The van der Waals surface area contributed by atoms with Gasteiger partial charge in [-0.05, 0) is 76.6 Å². The third kappa shape index (κ3) is 3.37. The molecule has 0 fully saturated rings. The second kappa shape index (κ2) is 8.78. The molecule has 0 N–H and O–H groups in total. The van der Waals surface area contributed by atoms with Crippen LogP contribution >= 0.6 is 0 Å². The van der Waals surface area contributed by atoms with Gasteiger partial charge in [-0.1, -0.05) is 103 Å². The number of anilines is 6. The van der Waals surface area contributed by atoms with Gasteiger partial charge < -0.3 is 9.80 Å². The average Bonchev–Trinajstić information content (AvgIpc) is 3.35. The molecule has 0 spiro atoms. The van der Waals surface area contributed by atoms with Gasteiger partial charge in [0.2, 0.25) is 6.71 Å². The minimum Gasteiger partial charge on any atom is -0.311 e. The summed E-state index contributed by atoms with van der Waals surface area (Å²) in [5.41, 5.74) is 13.9. The van der Waals surface area contributed by atoms with E-state index < -0.39 is 0 Å². The zero-order chi connectivity index (χ0) is 25.8. The molecule has 0 saturated carbocycles. The summed E-state index contributed by atoms with van der Waals surface area (Å²) in [6.07, 6.45) is 0. The normalized spacial score (nSPS) is 12.5. The van der Waals surface area contributed by atoms with Crippen LogP contribution in [0.1, 0.15) is 0 Å². The first kappa shape index (κ1) is 22.0. The Labute approximate surface area is 229 Å². The van der Waals surface area contributed by atoms with Crippen LogP contribution in [-0.4, -0.2) is 6.71 Å². The second-order valence-electron chi connectivity index (χ2n) is 10.2. The second-order valence-corrected chi connectivity index (χ2v) is 10.2. The quantitative estimate of drug-likeness (QED) is 0.234. The summed E-state index contributed by atoms with van der Waals surface area (Å²) in [4.78, 5) is 4.78. The molecule has 0 saturated heterocycles. The zero-order valence-corrected chi connectivity index (χ0v) is 21.4. The Kier molecular flexibility index (Phi) is 4.96. The van der Waals surface area contributed by atoms with Gasteiger partial charge in [0.15, 0.2) is 0 Å². The van der Waals surface area contributed by atoms with Crippen LogP contribution in [0.2, 0.25) is 0 Å². The lowest BCUT2D eigenvalue weighted by atomic mass is 9.37. The fourth-order valence-electron chi connectivity index (χ4n) is 6.47. The van der Waals surface area contributed by atoms with Crippen molar-refractivity contribution in [1.82, 2.24) is 0 Å². The molecule has 3 heteroatoms. The van der Waals surface area contributed by atoms with E-state index in [2.05, 4.69) is 161 Å². The van der Waals surface area contributed by atoms with Gasteiger partial charge in [-0.25, -0.2) is 0 Å². The fraction of sp³-hybridized carbons (Fsp3) is 0. The van der Waals surface area contributed by atoms with Gasteiger partial charge in [-0.3, -0.25) is 0 Å². The monoisotopic (exact) mass is 496 g/mol. The Balaban J connectivity index is 1.34. The molecule has 2 aliphatic heterocycles. The maximum absolute atomic E-state index is 2.45. The summed E-state index contributed by atoms with van der Waals surface area (Å²) in [5, 5.41) is 0. The van der Waals surface area contributed by atoms with Gasteiger partial charge in [0.05, 0.1) is 0 Å². The van der Waals surface area contributed by atoms with Crippen molar-refractivity contribution in [3.8, 4) is 11.1 Å². The Morgan fingerprint density at radius 2 is 1.00 bits per heavy atom. The van der Waals surface area contributed by atoms with E-state index in [9.17, 15) is 0 Å². The van der Waals surface area contributed by atoms with Crippen molar-refractivity contribution in [2.75, 3.05) is 9.80 Å². The summed E-state index contributed by atoms with van der Waals surface area (Å²) in [7, 11) is 0. The third-order valence-corrected chi connectivity index (χ3v) is 8.04. The molecular weight excluding hydrogens is 471 g/mol. The van der Waals surface area contributed by atoms with Crippen molar-refractivity contribution in [1.29, 1.82) is 0 Å². The molecule has 2 aliphatic rings. The van der Waals surface area contributed by atoms with Gasteiger partial charge in [0.1, 0.15) is 0 Å². The lowest BCUT2D eigenvalue weighted by Crippen LogP contribution is -2.54. The summed E-state index contributed by atoms with van der Waals surface area (Å²) in [6, 6.07) is 54.7. The van der Waals surface area contributed by atoms with Crippen LogP contribution in [0.25, 0.3) is 11.1 Å². The van der Waals surface area contributed by atoms with Crippen LogP contribution in [0.5, 0.6) is 0 Å². The molecule has 0 aliphatic carbocycles. The largest absolute Gasteiger partial charge is 0.311 e. The van der Waals surface area contributed by atoms with Crippen LogP contribution < -0.4 is 26.2 Å². The Bertz CT molecular complexity index is 1790. The summed E-state index contributed by atoms with van der Waals surface area (Å²) in [6.45, 7) is 0.258. The first-order chi connectivity index (χ1) is 19.4. The van der Waals surface area contributed by atoms with E-state index >= 15 is 0 Å². The van der Waals surface area contributed by atoms with Crippen molar-refractivity contribution >= 4 is 57.2 Å². The molecule has 0 aromatic heterocycles. The molecule has 8 rings (SSSR count). The van der Waals surface area contributed by atoms with Gasteiger partial charge in [0.25, 0.3) is 0 Å². The van der Waals surface area contributed by atoms with Crippen molar-refractivity contribution in [3.05, 3.63) is 152 Å². The van der Waals surface area contributed by atoms with Crippen LogP contribution in [0, 0.1) is 0 Å². The number of hydrogen-bond acceptors (Lipinski definition) is 2. The lowest BCUT2D eigenvalue weighted by molar-refractivity contribution is 1.25. The molecule has 0 unspecified atom stereocenters. The van der Waals surface area contributed by atoms with E-state index in [1.807, 2.05) is 0 Å². The Hall–Kier alpha value is -5.02. The smallest absolute Gasteiger partial charge is 0.248 e. The Morgan fingerprint density at radius 3 is 1.77 bits per heavy atom. The number of hydrogen-bond donors (Lipinski definition) is 0. The highest BCUT2D eigenvalue weighted by atomic mass is 15.2. The minimum absolute atomic E-state index is 0.258. The maximum Gasteiger partial charge on any atom is 0.248 e. The molecule has 0 radical (unpaired) electrons. The summed E-state index contributed by atoms with van der Waals surface area (Å²) < 4.78 is 0. The standard InChI is InChI=1S/C36H25BN2/c1-3-13-26(14-4-1)38(27-15-5-2-6-16-27)28-17-11-18-29(25-28)39-34-23-10-9-22-33(34)37-32-21-8-7-19-30(32)31-20-12-24-35(39)36(31)37/h1-25H. The van der Waals surface area contributed by atoms with Crippen LogP contribution in [0.15, 0.2) is 152 Å². The number of benzene rings is 6. The fourth-order valence-corrected chi connectivity index (χ4v) is 6.47. The molecule has 0 amide bonds. The molecule has 6 aromatic rings. The maximum atomic E-state index is 2.45. The molecule has 2 nitrogen and oxygen atoms in total. The summed E-state index contributed by atoms with van der Waals surface area (Å²) >= 11 is 0. The molecule has 0 atom stereocenters. The molecule has 182 valence electrons. The molecule has 0 bridgehead atoms. The van der Waals surface area contributed by atoms with E-state index in [4.69, 9.17) is 0 Å². The Morgan fingerprint density at radius 1 is 0.436 bits per heavy atom. The van der Waals surface area contributed by atoms with Gasteiger partial charge in [-0.15, -0.1) is 0 Å². The molecule has 6 aromatic carbocycles. The molecular formula is C36H25BN2. The highest BCUT2D eigenvalue weighted by Crippen LogP contribution is 2.42. The topological polar surface area (TPSA) is 6.48 Å². The zero-order valence-electron chi connectivity index (χ0n) is 21.4. The van der Waals surface area contributed by atoms with Crippen molar-refractivity contribution in [2.24, 2.45) is 0 Å². The molecule has 39 heavy (non-hydrogen) atoms. The SMILES string of the molecule is c1ccc(N(c2ccccc2)c2cccc(N3c4ccccc4B4c5ccccc5-c5cccc3c54)c2)cc1. The van der Waals surface area contributed by atoms with Crippen LogP contribution in [0.3, 0.4) is 0 Å². The number of nitrogens with zero attached hydrogens (tertiary/aromatic N) is 2. The van der Waals surface area contributed by atoms with E-state index in [1.165, 1.54) is 38.9 Å². The van der Waals surface area contributed by atoms with Gasteiger partial charge in [0, 0.05) is 34.1 Å². The number of rotatable bonds is 4. The predicted molar refractivity (Wildman–Crippen MR) is 166 cm³/mol. The summed E-state index contributed by atoms with van der Waals surface area (Å²) in [5.74, 6) is 0. The van der Waals surface area contributed by atoms with E-state index in [0.717, 1.165) is 22.7 Å². The highest BCUT2D eigenvalue weighted by molar-refractivity contribution is 7.01. The van der Waals surface area contributed by atoms with E-state index in [0.29, 0.717) is 0 Å². The van der Waals surface area contributed by atoms with Crippen molar-refractivity contribution < 1.29 is 0 Å². The van der Waals surface area contributed by atoms with Gasteiger partial charge in [-0.2, -0.15) is 0 Å². The van der Waals surface area contributed by atoms with Crippen molar-refractivity contribution in [3.63, 3.8) is 0 Å². The molecule has 2 heterocycles. The van der Waals surface area contributed by atoms with Crippen LogP contribution in [0.4, 0.5) is 34.1 Å². The van der Waals surface area contributed by atoms with E-state index in [-0.39, 0.29) is 6.71 Å². The lowest BCUT2D eigenvalue weighted by Gasteiger charge is -2.36. The average molecular weight is 496 g/mol. The third-order valence-electron chi connectivity index (χ3n) is 8.04. The number of para-hydroxylation sites is 3. The van der Waals surface area contributed by atoms with Gasteiger partial charge >= 0.3 is 0 Å². The first-order valence-electron chi connectivity index (χ1n) is 13.5. The highest BCUT2D eigenvalue weighted by Gasteiger charge is 2.41. The predicted octanol–water partition coefficient (Wildman–Crippen LogP) is 7.44. The van der Waals surface area contributed by atoms with E-state index in [1.54, 1.807) is 0 Å².